The van der Waals surface area contributed by atoms with E-state index in [1.165, 1.54) is 18.3 Å². The molecule has 0 spiro atoms. The lowest BCUT2D eigenvalue weighted by atomic mass is 9.63. The molecule has 1 aromatic carbocycles. The monoisotopic (exact) mass is 381 g/mol. The number of nitrogens with zero attached hydrogens (tertiary/aromatic N) is 3. The largest absolute Gasteiger partial charge is 0.454 e. The first-order valence-electron chi connectivity index (χ1n) is 9.23. The molecular weight excluding hydrogens is 366 g/mol. The quantitative estimate of drug-likeness (QED) is 0.259. The molecule has 2 amide bonds. The summed E-state index contributed by atoms with van der Waals surface area (Å²) < 4.78 is 10.4. The maximum Gasteiger partial charge on any atom is 0.282 e. The van der Waals surface area contributed by atoms with E-state index in [1.807, 2.05) is 0 Å². The molecule has 6 atom stereocenters. The van der Waals surface area contributed by atoms with E-state index in [9.17, 15) is 19.7 Å². The highest BCUT2D eigenvalue weighted by atomic mass is 16.7. The molecular formula is C19H15N3O6. The number of nitro groups is 1. The van der Waals surface area contributed by atoms with E-state index in [1.54, 1.807) is 0 Å². The van der Waals surface area contributed by atoms with Crippen molar-refractivity contribution >= 4 is 23.7 Å². The summed E-state index contributed by atoms with van der Waals surface area (Å²) in [5.74, 6) is 0.558. The van der Waals surface area contributed by atoms with Crippen LogP contribution in [-0.4, -0.2) is 34.8 Å². The molecule has 9 heteroatoms. The van der Waals surface area contributed by atoms with Crippen molar-refractivity contribution < 1.29 is 24.0 Å². The van der Waals surface area contributed by atoms with Crippen molar-refractivity contribution in [3.05, 3.63) is 40.0 Å². The van der Waals surface area contributed by atoms with Gasteiger partial charge in [0.05, 0.1) is 34.6 Å². The number of rotatable bonds is 3. The van der Waals surface area contributed by atoms with Gasteiger partial charge in [0, 0.05) is 0 Å². The van der Waals surface area contributed by atoms with Crippen molar-refractivity contribution in [2.24, 2.45) is 40.6 Å². The second kappa shape index (κ2) is 5.18. The third-order valence-electron chi connectivity index (χ3n) is 6.67. The number of carbonyl (C=O) groups is 2. The predicted octanol–water partition coefficient (Wildman–Crippen LogP) is 1.71. The van der Waals surface area contributed by atoms with Crippen LogP contribution in [0.5, 0.6) is 11.5 Å². The molecule has 2 saturated carbocycles. The summed E-state index contributed by atoms with van der Waals surface area (Å²) in [5, 5.41) is 16.3. The number of imide groups is 1. The second-order valence-corrected chi connectivity index (χ2v) is 7.91. The lowest BCUT2D eigenvalue weighted by molar-refractivity contribution is -0.385. The molecule has 0 unspecified atom stereocenters. The summed E-state index contributed by atoms with van der Waals surface area (Å²) >= 11 is 0. The van der Waals surface area contributed by atoms with E-state index in [4.69, 9.17) is 9.47 Å². The van der Waals surface area contributed by atoms with Crippen LogP contribution in [0.4, 0.5) is 5.69 Å². The second-order valence-electron chi connectivity index (χ2n) is 7.91. The number of nitro benzene ring substituents is 1. The van der Waals surface area contributed by atoms with Gasteiger partial charge in [-0.2, -0.15) is 10.1 Å². The van der Waals surface area contributed by atoms with Gasteiger partial charge in [0.25, 0.3) is 17.5 Å². The number of carbonyl (C=O) groups excluding carboxylic acids is 2. The maximum atomic E-state index is 12.9. The molecule has 142 valence electrons. The number of fused-ring (bicyclic) bond motifs is 1. The standard InChI is InChI=1S/C19H15N3O6/c23-18-16-9-1-2-10(12-4-11(9)12)17(16)19(24)21(18)20-6-8-3-14-15(28-7-27-14)5-13(8)22(25)26/h1-3,5-6,9-12,16-17H,4,7H2/b20-6-/t9-,10-,11-,12+,16+,17+/m1/s1. The number of amides is 2. The minimum atomic E-state index is -0.561. The van der Waals surface area contributed by atoms with Crippen LogP contribution in [0.2, 0.25) is 0 Å². The van der Waals surface area contributed by atoms with Crippen LogP contribution in [0, 0.1) is 45.6 Å². The summed E-state index contributed by atoms with van der Waals surface area (Å²) in [6.07, 6.45) is 6.44. The predicted molar refractivity (Wildman–Crippen MR) is 93.4 cm³/mol. The van der Waals surface area contributed by atoms with Crippen molar-refractivity contribution in [3.8, 4) is 11.5 Å². The summed E-state index contributed by atoms with van der Waals surface area (Å²) in [4.78, 5) is 36.6. The van der Waals surface area contributed by atoms with Crippen LogP contribution in [0.15, 0.2) is 29.4 Å². The van der Waals surface area contributed by atoms with E-state index in [2.05, 4.69) is 17.3 Å². The SMILES string of the molecule is O=C1[C@H]2[C@@H]3C=C[C@H]([C@@H]4C[C@H]34)[C@@H]2C(=O)N1/N=C\c1cc2c(cc1[N+](=O)[O-])OCO2. The summed E-state index contributed by atoms with van der Waals surface area (Å²) in [5.41, 5.74) is -0.0823. The lowest BCUT2D eigenvalue weighted by Crippen LogP contribution is -2.40. The van der Waals surface area contributed by atoms with Crippen molar-refractivity contribution in [3.63, 3.8) is 0 Å². The van der Waals surface area contributed by atoms with Crippen molar-refractivity contribution in [1.82, 2.24) is 5.01 Å². The maximum absolute atomic E-state index is 12.9. The van der Waals surface area contributed by atoms with Crippen molar-refractivity contribution in [2.45, 2.75) is 6.42 Å². The molecule has 1 saturated heterocycles. The summed E-state index contributed by atoms with van der Waals surface area (Å²) in [7, 11) is 0. The van der Waals surface area contributed by atoms with Gasteiger partial charge in [-0.1, -0.05) is 12.2 Å². The molecule has 2 heterocycles. The molecule has 4 aliphatic carbocycles. The van der Waals surface area contributed by atoms with E-state index in [0.29, 0.717) is 17.6 Å². The average Bonchev–Trinajstić information content (AvgIpc) is 3.33. The van der Waals surface area contributed by atoms with Gasteiger partial charge in [-0.15, -0.1) is 0 Å². The Balaban J connectivity index is 1.34. The number of allylic oxidation sites excluding steroid dienone is 2. The van der Waals surface area contributed by atoms with E-state index in [-0.39, 0.29) is 59.3 Å². The van der Waals surface area contributed by atoms with Gasteiger partial charge in [-0.3, -0.25) is 19.7 Å². The van der Waals surface area contributed by atoms with Crippen molar-refractivity contribution in [1.29, 1.82) is 0 Å². The van der Waals surface area contributed by atoms with Gasteiger partial charge < -0.3 is 9.47 Å². The number of hydrazone groups is 1. The highest BCUT2D eigenvalue weighted by Crippen LogP contribution is 2.65. The smallest absolute Gasteiger partial charge is 0.282 e. The van der Waals surface area contributed by atoms with Gasteiger partial charge in [-0.05, 0) is 36.2 Å². The Morgan fingerprint density at radius 1 is 1.07 bits per heavy atom. The molecule has 0 N–H and O–H groups in total. The molecule has 2 aliphatic heterocycles. The Morgan fingerprint density at radius 2 is 1.68 bits per heavy atom. The Hall–Kier alpha value is -3.23. The molecule has 0 radical (unpaired) electrons. The Bertz CT molecular complexity index is 981. The van der Waals surface area contributed by atoms with Crippen LogP contribution in [0.25, 0.3) is 0 Å². The number of benzene rings is 1. The van der Waals surface area contributed by atoms with Crippen LogP contribution in [-0.2, 0) is 9.59 Å². The zero-order valence-corrected chi connectivity index (χ0v) is 14.6. The van der Waals surface area contributed by atoms with Crippen LogP contribution in [0.1, 0.15) is 12.0 Å². The minimum Gasteiger partial charge on any atom is -0.454 e. The first-order chi connectivity index (χ1) is 13.5. The molecule has 0 aromatic heterocycles. The molecule has 7 rings (SSSR count). The summed E-state index contributed by atoms with van der Waals surface area (Å²) in [6.45, 7) is -0.0162. The van der Waals surface area contributed by atoms with Crippen LogP contribution < -0.4 is 9.47 Å². The van der Waals surface area contributed by atoms with Gasteiger partial charge in [0.15, 0.2) is 11.5 Å². The fourth-order valence-electron chi connectivity index (χ4n) is 5.38. The minimum absolute atomic E-state index is 0.0162. The van der Waals surface area contributed by atoms with E-state index >= 15 is 0 Å². The third-order valence-corrected chi connectivity index (χ3v) is 6.67. The topological polar surface area (TPSA) is 111 Å². The van der Waals surface area contributed by atoms with E-state index in [0.717, 1.165) is 11.4 Å². The fraction of sp³-hybridized carbons (Fsp3) is 0.421. The van der Waals surface area contributed by atoms with E-state index < -0.39 is 4.92 Å². The lowest BCUT2D eigenvalue weighted by Gasteiger charge is -2.37. The normalized spacial score (nSPS) is 36.2. The Kier molecular flexibility index (Phi) is 2.92. The molecule has 3 fully saturated rings. The van der Waals surface area contributed by atoms with Crippen molar-refractivity contribution in [2.75, 3.05) is 6.79 Å². The zero-order valence-electron chi connectivity index (χ0n) is 14.6. The molecule has 9 nitrogen and oxygen atoms in total. The first kappa shape index (κ1) is 15.8. The third kappa shape index (κ3) is 1.93. The number of ether oxygens (including phenoxy) is 2. The molecule has 2 bridgehead atoms. The number of hydrogen-bond acceptors (Lipinski definition) is 7. The van der Waals surface area contributed by atoms with Crippen LogP contribution >= 0.6 is 0 Å². The van der Waals surface area contributed by atoms with Gasteiger partial charge >= 0.3 is 0 Å². The zero-order chi connectivity index (χ0) is 19.2. The Morgan fingerprint density at radius 3 is 2.29 bits per heavy atom. The molecule has 1 aromatic rings. The van der Waals surface area contributed by atoms with Gasteiger partial charge in [-0.25, -0.2) is 0 Å². The van der Waals surface area contributed by atoms with Gasteiger partial charge in [0.1, 0.15) is 0 Å². The number of hydrogen-bond donors (Lipinski definition) is 0. The summed E-state index contributed by atoms with van der Waals surface area (Å²) in [6, 6.07) is 2.69. The molecule has 28 heavy (non-hydrogen) atoms. The highest BCUT2D eigenvalue weighted by molar-refractivity contribution is 6.06. The first-order valence-corrected chi connectivity index (χ1v) is 9.23. The fourth-order valence-corrected chi connectivity index (χ4v) is 5.38. The average molecular weight is 381 g/mol. The highest BCUT2D eigenvalue weighted by Gasteiger charge is 2.67. The Labute approximate surface area is 158 Å². The molecule has 6 aliphatic rings. The van der Waals surface area contributed by atoms with Gasteiger partial charge in [0.2, 0.25) is 6.79 Å². The van der Waals surface area contributed by atoms with Crippen LogP contribution in [0.3, 0.4) is 0 Å².